The van der Waals surface area contributed by atoms with E-state index in [0.29, 0.717) is 21.1 Å². The largest absolute Gasteiger partial charge is 0.478 e. The third kappa shape index (κ3) is 3.03. The lowest BCUT2D eigenvalue weighted by Gasteiger charge is -2.11. The van der Waals surface area contributed by atoms with Crippen molar-refractivity contribution in [2.45, 2.75) is 41.8 Å². The molecule has 3 rings (SSSR count). The van der Waals surface area contributed by atoms with Crippen molar-refractivity contribution in [3.63, 3.8) is 0 Å². The van der Waals surface area contributed by atoms with Crippen molar-refractivity contribution in [2.24, 2.45) is 0 Å². The van der Waals surface area contributed by atoms with E-state index in [0.717, 1.165) is 12.8 Å². The Morgan fingerprint density at radius 1 is 1.38 bits per heavy atom. The molecule has 1 aliphatic carbocycles. The molecule has 0 bridgehead atoms. The van der Waals surface area contributed by atoms with Gasteiger partial charge in [0.1, 0.15) is 0 Å². The standard InChI is InChI=1S/C13H13ClN4O2S/c14-8-5-6-10(12(19)20)11(7-8)21-13-15-16-17-18(13)9-3-1-2-4-9/h5-7,9H,1-4H2,(H,19,20). The number of carbonyl (C=O) groups is 1. The van der Waals surface area contributed by atoms with Crippen LogP contribution in [0.2, 0.25) is 5.02 Å². The summed E-state index contributed by atoms with van der Waals surface area (Å²) in [4.78, 5) is 11.8. The summed E-state index contributed by atoms with van der Waals surface area (Å²) in [6.45, 7) is 0. The number of halogens is 1. The predicted octanol–water partition coefficient (Wildman–Crippen LogP) is 3.29. The quantitative estimate of drug-likeness (QED) is 0.929. The van der Waals surface area contributed by atoms with Crippen LogP contribution in [0.25, 0.3) is 0 Å². The molecule has 1 fully saturated rings. The Morgan fingerprint density at radius 2 is 2.14 bits per heavy atom. The van der Waals surface area contributed by atoms with Gasteiger partial charge in [-0.05, 0) is 53.2 Å². The Labute approximate surface area is 130 Å². The lowest BCUT2D eigenvalue weighted by Crippen LogP contribution is -2.08. The molecular weight excluding hydrogens is 312 g/mol. The molecule has 0 atom stereocenters. The van der Waals surface area contributed by atoms with Gasteiger partial charge < -0.3 is 5.11 Å². The number of benzene rings is 1. The molecule has 0 aliphatic heterocycles. The van der Waals surface area contributed by atoms with E-state index in [1.807, 2.05) is 0 Å². The Hall–Kier alpha value is -1.60. The number of carboxylic acids is 1. The number of hydrogen-bond donors (Lipinski definition) is 1. The molecule has 1 N–H and O–H groups in total. The van der Waals surface area contributed by atoms with Crippen LogP contribution in [0.4, 0.5) is 0 Å². The second-order valence-electron chi connectivity index (χ2n) is 4.89. The zero-order valence-corrected chi connectivity index (χ0v) is 12.6. The molecule has 1 aromatic carbocycles. The number of tetrazole rings is 1. The van der Waals surface area contributed by atoms with Crippen LogP contribution in [0, 0.1) is 0 Å². The van der Waals surface area contributed by atoms with E-state index in [1.165, 1.54) is 30.7 Å². The highest BCUT2D eigenvalue weighted by atomic mass is 35.5. The lowest BCUT2D eigenvalue weighted by atomic mass is 10.2. The van der Waals surface area contributed by atoms with E-state index in [9.17, 15) is 9.90 Å². The minimum Gasteiger partial charge on any atom is -0.478 e. The van der Waals surface area contributed by atoms with E-state index in [2.05, 4.69) is 15.5 Å². The first-order chi connectivity index (χ1) is 10.1. The van der Waals surface area contributed by atoms with Crippen LogP contribution >= 0.6 is 23.4 Å². The Kier molecular flexibility index (Phi) is 4.12. The molecular formula is C13H13ClN4O2S. The van der Waals surface area contributed by atoms with E-state index >= 15 is 0 Å². The zero-order valence-electron chi connectivity index (χ0n) is 11.1. The molecule has 110 valence electrons. The monoisotopic (exact) mass is 324 g/mol. The van der Waals surface area contributed by atoms with Crippen LogP contribution in [0.1, 0.15) is 42.1 Å². The first-order valence-corrected chi connectivity index (χ1v) is 7.83. The van der Waals surface area contributed by atoms with Crippen LogP contribution in [0.3, 0.4) is 0 Å². The summed E-state index contributed by atoms with van der Waals surface area (Å²) in [6.07, 6.45) is 4.46. The van der Waals surface area contributed by atoms with Gasteiger partial charge in [0.2, 0.25) is 5.16 Å². The SMILES string of the molecule is O=C(O)c1ccc(Cl)cc1Sc1nnnn1C1CCCC1. The fourth-order valence-corrected chi connectivity index (χ4v) is 3.73. The molecule has 1 saturated carbocycles. The van der Waals surface area contributed by atoms with Crippen LogP contribution in [0.15, 0.2) is 28.3 Å². The van der Waals surface area contributed by atoms with Crippen molar-refractivity contribution in [2.75, 3.05) is 0 Å². The molecule has 2 aromatic rings. The smallest absolute Gasteiger partial charge is 0.336 e. The van der Waals surface area contributed by atoms with Crippen LogP contribution in [-0.2, 0) is 0 Å². The molecule has 0 amide bonds. The van der Waals surface area contributed by atoms with Crippen molar-refractivity contribution < 1.29 is 9.90 Å². The average Bonchev–Trinajstić information content (AvgIpc) is 3.08. The molecule has 0 unspecified atom stereocenters. The first-order valence-electron chi connectivity index (χ1n) is 6.63. The Morgan fingerprint density at radius 3 is 2.86 bits per heavy atom. The maximum absolute atomic E-state index is 11.3. The fourth-order valence-electron chi connectivity index (χ4n) is 2.49. The van der Waals surface area contributed by atoms with Gasteiger partial charge >= 0.3 is 5.97 Å². The molecule has 6 nitrogen and oxygen atoms in total. The maximum atomic E-state index is 11.3. The minimum absolute atomic E-state index is 0.199. The lowest BCUT2D eigenvalue weighted by molar-refractivity contribution is 0.0693. The van der Waals surface area contributed by atoms with E-state index in [-0.39, 0.29) is 5.56 Å². The van der Waals surface area contributed by atoms with E-state index < -0.39 is 5.97 Å². The fraction of sp³-hybridized carbons (Fsp3) is 0.385. The predicted molar refractivity (Wildman–Crippen MR) is 77.9 cm³/mol. The summed E-state index contributed by atoms with van der Waals surface area (Å²) in [6, 6.07) is 4.99. The van der Waals surface area contributed by atoms with Gasteiger partial charge in [-0.3, -0.25) is 0 Å². The van der Waals surface area contributed by atoms with E-state index in [1.54, 1.807) is 16.8 Å². The van der Waals surface area contributed by atoms with Gasteiger partial charge in [0.25, 0.3) is 0 Å². The van der Waals surface area contributed by atoms with Crippen LogP contribution in [0.5, 0.6) is 0 Å². The third-order valence-corrected chi connectivity index (χ3v) is 4.75. The molecule has 8 heteroatoms. The molecule has 1 heterocycles. The summed E-state index contributed by atoms with van der Waals surface area (Å²) in [5.74, 6) is -0.992. The van der Waals surface area contributed by atoms with Crippen LogP contribution < -0.4 is 0 Å². The second kappa shape index (κ2) is 6.03. The van der Waals surface area contributed by atoms with Crippen molar-refractivity contribution in [1.82, 2.24) is 20.2 Å². The summed E-state index contributed by atoms with van der Waals surface area (Å²) in [5, 5.41) is 22.1. The number of hydrogen-bond acceptors (Lipinski definition) is 5. The highest BCUT2D eigenvalue weighted by Crippen LogP contribution is 2.35. The normalized spacial score (nSPS) is 15.5. The Bertz CT molecular complexity index is 670. The highest BCUT2D eigenvalue weighted by molar-refractivity contribution is 7.99. The number of nitrogens with zero attached hydrogens (tertiary/aromatic N) is 4. The topological polar surface area (TPSA) is 80.9 Å². The van der Waals surface area contributed by atoms with Crippen molar-refractivity contribution in [3.05, 3.63) is 28.8 Å². The second-order valence-corrected chi connectivity index (χ2v) is 6.34. The molecule has 21 heavy (non-hydrogen) atoms. The maximum Gasteiger partial charge on any atom is 0.336 e. The summed E-state index contributed by atoms with van der Waals surface area (Å²) in [7, 11) is 0. The number of carboxylic acid groups (broad SMARTS) is 1. The van der Waals surface area contributed by atoms with E-state index in [4.69, 9.17) is 11.6 Å². The molecule has 1 aliphatic rings. The summed E-state index contributed by atoms with van der Waals surface area (Å²) < 4.78 is 1.80. The van der Waals surface area contributed by atoms with Crippen LogP contribution in [-0.4, -0.2) is 31.3 Å². The molecule has 0 radical (unpaired) electrons. The van der Waals surface area contributed by atoms with Crippen molar-refractivity contribution in [1.29, 1.82) is 0 Å². The van der Waals surface area contributed by atoms with Gasteiger partial charge in [0, 0.05) is 9.92 Å². The number of aromatic carboxylic acids is 1. The van der Waals surface area contributed by atoms with Gasteiger partial charge in [-0.2, -0.15) is 0 Å². The van der Waals surface area contributed by atoms with Gasteiger partial charge in [-0.15, -0.1) is 5.10 Å². The third-order valence-electron chi connectivity index (χ3n) is 3.51. The van der Waals surface area contributed by atoms with Gasteiger partial charge in [-0.1, -0.05) is 24.4 Å². The van der Waals surface area contributed by atoms with Crippen molar-refractivity contribution in [3.8, 4) is 0 Å². The van der Waals surface area contributed by atoms with Gasteiger partial charge in [0.05, 0.1) is 11.6 Å². The molecule has 0 saturated heterocycles. The average molecular weight is 325 g/mol. The van der Waals surface area contributed by atoms with Crippen molar-refractivity contribution >= 4 is 29.3 Å². The highest BCUT2D eigenvalue weighted by Gasteiger charge is 2.23. The summed E-state index contributed by atoms with van der Waals surface area (Å²) in [5.41, 5.74) is 0.199. The molecule has 0 spiro atoms. The first kappa shape index (κ1) is 14.3. The minimum atomic E-state index is -0.992. The molecule has 1 aromatic heterocycles. The number of rotatable bonds is 4. The number of aromatic nitrogens is 4. The van der Waals surface area contributed by atoms with Gasteiger partial charge in [0.15, 0.2) is 0 Å². The Balaban J connectivity index is 1.92. The summed E-state index contributed by atoms with van der Waals surface area (Å²) >= 11 is 7.20. The zero-order chi connectivity index (χ0) is 14.8. The van der Waals surface area contributed by atoms with Gasteiger partial charge in [-0.25, -0.2) is 9.48 Å².